The second-order valence-corrected chi connectivity index (χ2v) is 9.03. The summed E-state index contributed by atoms with van der Waals surface area (Å²) in [5.41, 5.74) is 5.65. The molecule has 1 aromatic carbocycles. The van der Waals surface area contributed by atoms with Gasteiger partial charge in [0.25, 0.3) is 0 Å². The molecule has 3 heterocycles. The summed E-state index contributed by atoms with van der Waals surface area (Å²) in [6.45, 7) is 7.09. The van der Waals surface area contributed by atoms with Crippen LogP contribution < -0.4 is 15.8 Å². The molecule has 1 saturated heterocycles. The topological polar surface area (TPSA) is 99.8 Å². The number of halogens is 3. The van der Waals surface area contributed by atoms with Crippen molar-refractivity contribution in [2.75, 3.05) is 13.1 Å². The van der Waals surface area contributed by atoms with Gasteiger partial charge in [-0.3, -0.25) is 5.10 Å². The lowest BCUT2D eigenvalue weighted by Gasteiger charge is -2.41. The summed E-state index contributed by atoms with van der Waals surface area (Å²) < 4.78 is 47.6. The number of aromatic nitrogens is 2. The molecule has 1 unspecified atom stereocenters. The van der Waals surface area contributed by atoms with E-state index in [9.17, 15) is 18.4 Å². The monoisotopic (exact) mass is 469 g/mol. The summed E-state index contributed by atoms with van der Waals surface area (Å²) in [6.07, 6.45) is -2.90. The fourth-order valence-corrected chi connectivity index (χ4v) is 5.00. The molecular weight excluding hydrogens is 443 g/mol. The Morgan fingerprint density at radius 1 is 1.24 bits per heavy atom. The number of allylic oxidation sites excluding steroid dienone is 1. The quantitative estimate of drug-likeness (QED) is 0.575. The first-order valence-corrected chi connectivity index (χ1v) is 11.2. The number of nitrogens with two attached hydrogens (primary N) is 1. The highest BCUT2D eigenvalue weighted by Gasteiger charge is 2.51. The molecule has 0 radical (unpaired) electrons. The number of nitrogens with zero attached hydrogens (tertiary/aromatic N) is 2. The maximum Gasteiger partial charge on any atom is 0.416 e. The number of benzene rings is 1. The number of alkyl halides is 3. The molecule has 1 fully saturated rings. The Morgan fingerprint density at radius 3 is 2.56 bits per heavy atom. The van der Waals surface area contributed by atoms with Crippen molar-refractivity contribution in [2.45, 2.75) is 45.2 Å². The Labute approximate surface area is 196 Å². The number of piperidine rings is 1. The lowest BCUT2D eigenvalue weighted by Crippen LogP contribution is -2.41. The second-order valence-electron chi connectivity index (χ2n) is 9.03. The van der Waals surface area contributed by atoms with Crippen molar-refractivity contribution < 1.29 is 17.9 Å². The van der Waals surface area contributed by atoms with Gasteiger partial charge in [0.15, 0.2) is 0 Å². The van der Waals surface area contributed by atoms with Crippen molar-refractivity contribution >= 4 is 0 Å². The third kappa shape index (κ3) is 3.91. The Balaban J connectivity index is 2.00. The zero-order chi connectivity index (χ0) is 24.7. The molecule has 2 aromatic rings. The predicted octanol–water partition coefficient (Wildman–Crippen LogP) is 4.12. The van der Waals surface area contributed by atoms with E-state index in [1.54, 1.807) is 13.0 Å². The predicted molar refractivity (Wildman–Crippen MR) is 120 cm³/mol. The summed E-state index contributed by atoms with van der Waals surface area (Å²) in [6, 6.07) is 5.89. The highest BCUT2D eigenvalue weighted by molar-refractivity contribution is 5.63. The standard InChI is InChI=1S/C25H26F3N5O/c1-14(2)24(20(13-29)22(30)34-23-21(24)15(3)32-33-23)18-10-17(11-19(12-18)25(26,27)28)5-4-16-6-8-31-9-7-16/h10-12,14,16,31H,6-9,30H2,1-3H3,(H,32,33). The molecule has 178 valence electrons. The number of hydrogen-bond donors (Lipinski definition) is 3. The minimum atomic E-state index is -4.60. The van der Waals surface area contributed by atoms with Gasteiger partial charge < -0.3 is 15.8 Å². The van der Waals surface area contributed by atoms with Gasteiger partial charge in [0.2, 0.25) is 11.8 Å². The van der Waals surface area contributed by atoms with E-state index in [1.165, 1.54) is 0 Å². The molecule has 0 aliphatic carbocycles. The molecule has 0 saturated carbocycles. The third-order valence-electron chi connectivity index (χ3n) is 6.61. The maximum atomic E-state index is 14.0. The van der Waals surface area contributed by atoms with Crippen molar-refractivity contribution in [1.29, 1.82) is 5.26 Å². The van der Waals surface area contributed by atoms with Crippen LogP contribution in [0.1, 0.15) is 54.6 Å². The Kier molecular flexibility index (Phi) is 6.09. The number of aryl methyl sites for hydroxylation is 1. The van der Waals surface area contributed by atoms with Gasteiger partial charge in [0.05, 0.1) is 16.5 Å². The number of nitriles is 1. The van der Waals surface area contributed by atoms with Crippen LogP contribution >= 0.6 is 0 Å². The van der Waals surface area contributed by atoms with Gasteiger partial charge in [-0.05, 0) is 62.5 Å². The molecule has 2 aliphatic rings. The fourth-order valence-electron chi connectivity index (χ4n) is 5.00. The first-order chi connectivity index (χ1) is 16.1. The second kappa shape index (κ2) is 8.73. The minimum absolute atomic E-state index is 0.0519. The number of ether oxygens (including phenoxy) is 1. The Hall–Kier alpha value is -3.43. The molecule has 1 aromatic heterocycles. The minimum Gasteiger partial charge on any atom is -0.420 e. The number of hydrogen-bond acceptors (Lipinski definition) is 5. The molecule has 4 rings (SSSR count). The average Bonchev–Trinajstić information content (AvgIpc) is 3.16. The van der Waals surface area contributed by atoms with Gasteiger partial charge in [0, 0.05) is 17.2 Å². The van der Waals surface area contributed by atoms with Crippen molar-refractivity contribution in [3.63, 3.8) is 0 Å². The molecule has 0 spiro atoms. The smallest absolute Gasteiger partial charge is 0.416 e. The van der Waals surface area contributed by atoms with Crippen molar-refractivity contribution in [1.82, 2.24) is 15.5 Å². The van der Waals surface area contributed by atoms with Crippen LogP contribution in [-0.2, 0) is 11.6 Å². The summed E-state index contributed by atoms with van der Waals surface area (Å²) in [5, 5.41) is 20.3. The number of H-pyrrole nitrogens is 1. The van der Waals surface area contributed by atoms with E-state index in [1.807, 2.05) is 13.8 Å². The van der Waals surface area contributed by atoms with E-state index in [4.69, 9.17) is 10.5 Å². The molecular formula is C25H26F3N5O. The van der Waals surface area contributed by atoms with E-state index >= 15 is 0 Å². The first kappa shape index (κ1) is 23.7. The summed E-state index contributed by atoms with van der Waals surface area (Å²) >= 11 is 0. The van der Waals surface area contributed by atoms with Crippen molar-refractivity contribution in [3.8, 4) is 23.8 Å². The van der Waals surface area contributed by atoms with Crippen LogP contribution in [0.25, 0.3) is 0 Å². The van der Waals surface area contributed by atoms with Crippen LogP contribution in [0, 0.1) is 41.9 Å². The van der Waals surface area contributed by atoms with Gasteiger partial charge in [0.1, 0.15) is 11.6 Å². The zero-order valence-electron chi connectivity index (χ0n) is 19.2. The molecule has 0 bridgehead atoms. The molecule has 34 heavy (non-hydrogen) atoms. The van der Waals surface area contributed by atoms with E-state index in [2.05, 4.69) is 33.4 Å². The third-order valence-corrected chi connectivity index (χ3v) is 6.61. The number of aromatic amines is 1. The van der Waals surface area contributed by atoms with Gasteiger partial charge in [-0.2, -0.15) is 18.4 Å². The highest BCUT2D eigenvalue weighted by Crippen LogP contribution is 2.53. The first-order valence-electron chi connectivity index (χ1n) is 11.2. The van der Waals surface area contributed by atoms with Gasteiger partial charge in [-0.1, -0.05) is 25.7 Å². The van der Waals surface area contributed by atoms with E-state index < -0.39 is 17.2 Å². The maximum absolute atomic E-state index is 14.0. The van der Waals surface area contributed by atoms with Crippen LogP contribution in [0.2, 0.25) is 0 Å². The average molecular weight is 470 g/mol. The Bertz CT molecular complexity index is 1240. The van der Waals surface area contributed by atoms with Gasteiger partial charge >= 0.3 is 6.18 Å². The van der Waals surface area contributed by atoms with Gasteiger partial charge in [-0.25, -0.2) is 0 Å². The molecule has 9 heteroatoms. The molecule has 1 atom stereocenters. The highest BCUT2D eigenvalue weighted by atomic mass is 19.4. The van der Waals surface area contributed by atoms with E-state index in [0.29, 0.717) is 11.3 Å². The van der Waals surface area contributed by atoms with Crippen LogP contribution in [-0.4, -0.2) is 23.3 Å². The molecule has 2 aliphatic heterocycles. The lowest BCUT2D eigenvalue weighted by molar-refractivity contribution is -0.137. The van der Waals surface area contributed by atoms with Crippen LogP contribution in [0.15, 0.2) is 29.7 Å². The largest absolute Gasteiger partial charge is 0.420 e. The normalized spacial score (nSPS) is 20.9. The summed E-state index contributed by atoms with van der Waals surface area (Å²) in [5.74, 6) is 5.87. The van der Waals surface area contributed by atoms with Crippen molar-refractivity contribution in [2.24, 2.45) is 17.6 Å². The SMILES string of the molecule is Cc1[nH]nc2c1C(c1cc(C#CC3CCNCC3)cc(C(F)(F)F)c1)(C(C)C)C(C#N)=C(N)O2. The number of rotatable bonds is 2. The van der Waals surface area contributed by atoms with Crippen molar-refractivity contribution in [3.05, 3.63) is 57.6 Å². The van der Waals surface area contributed by atoms with Crippen LogP contribution in [0.3, 0.4) is 0 Å². The molecule has 0 amide bonds. The summed E-state index contributed by atoms with van der Waals surface area (Å²) in [7, 11) is 0. The molecule has 6 nitrogen and oxygen atoms in total. The Morgan fingerprint density at radius 2 is 1.94 bits per heavy atom. The zero-order valence-corrected chi connectivity index (χ0v) is 19.2. The molecule has 4 N–H and O–H groups in total. The number of fused-ring (bicyclic) bond motifs is 1. The fraction of sp³-hybridized carbons (Fsp3) is 0.440. The van der Waals surface area contributed by atoms with Crippen LogP contribution in [0.5, 0.6) is 5.88 Å². The van der Waals surface area contributed by atoms with E-state index in [-0.39, 0.29) is 40.3 Å². The summed E-state index contributed by atoms with van der Waals surface area (Å²) in [4.78, 5) is 0. The van der Waals surface area contributed by atoms with E-state index in [0.717, 1.165) is 38.1 Å². The van der Waals surface area contributed by atoms with Crippen LogP contribution in [0.4, 0.5) is 13.2 Å². The number of nitrogens with one attached hydrogen (secondary N) is 2. The van der Waals surface area contributed by atoms with Gasteiger partial charge in [-0.15, -0.1) is 5.10 Å². The lowest BCUT2D eigenvalue weighted by atomic mass is 9.61.